The van der Waals surface area contributed by atoms with E-state index in [0.29, 0.717) is 0 Å². The Morgan fingerprint density at radius 3 is 2.75 bits per heavy atom. The van der Waals surface area contributed by atoms with Gasteiger partial charge in [-0.1, -0.05) is 32.8 Å². The van der Waals surface area contributed by atoms with E-state index < -0.39 is 0 Å². The van der Waals surface area contributed by atoms with E-state index in [0.717, 1.165) is 25.0 Å². The molecular formula is C17H30N2S. The molecule has 1 aromatic heterocycles. The summed E-state index contributed by atoms with van der Waals surface area (Å²) in [6.07, 6.45) is 7.05. The van der Waals surface area contributed by atoms with E-state index in [-0.39, 0.29) is 0 Å². The van der Waals surface area contributed by atoms with Crippen molar-refractivity contribution in [1.82, 2.24) is 10.2 Å². The number of thiophene rings is 1. The van der Waals surface area contributed by atoms with Crippen molar-refractivity contribution >= 4 is 11.3 Å². The van der Waals surface area contributed by atoms with Crippen LogP contribution in [0.4, 0.5) is 0 Å². The standard InChI is InChI=1S/C17H30N2S/c1-15(2)9-11-19(16-6-3-4-7-16)12-10-18-14-17-8-5-13-20-17/h5,8,13,15-16,18H,3-4,6-7,9-12,14H2,1-2H3. The number of rotatable bonds is 9. The second-order valence-electron chi connectivity index (χ2n) is 6.41. The Morgan fingerprint density at radius 2 is 2.10 bits per heavy atom. The summed E-state index contributed by atoms with van der Waals surface area (Å²) in [5, 5.41) is 5.76. The second-order valence-corrected chi connectivity index (χ2v) is 7.45. The van der Waals surface area contributed by atoms with Gasteiger partial charge in [0.25, 0.3) is 0 Å². The molecule has 1 saturated carbocycles. The molecule has 20 heavy (non-hydrogen) atoms. The molecule has 0 spiro atoms. The summed E-state index contributed by atoms with van der Waals surface area (Å²) in [4.78, 5) is 4.19. The lowest BCUT2D eigenvalue weighted by atomic mass is 10.1. The molecular weight excluding hydrogens is 264 g/mol. The molecule has 2 rings (SSSR count). The lowest BCUT2D eigenvalue weighted by Crippen LogP contribution is -2.39. The molecule has 0 radical (unpaired) electrons. The molecule has 0 unspecified atom stereocenters. The lowest BCUT2D eigenvalue weighted by molar-refractivity contribution is 0.188. The van der Waals surface area contributed by atoms with Gasteiger partial charge in [0.1, 0.15) is 0 Å². The van der Waals surface area contributed by atoms with E-state index in [4.69, 9.17) is 0 Å². The number of hydrogen-bond acceptors (Lipinski definition) is 3. The summed E-state index contributed by atoms with van der Waals surface area (Å²) in [6, 6.07) is 5.21. The SMILES string of the molecule is CC(C)CCN(CCNCc1cccs1)C1CCCC1. The predicted octanol–water partition coefficient (Wildman–Crippen LogP) is 4.13. The predicted molar refractivity (Wildman–Crippen MR) is 89.3 cm³/mol. The van der Waals surface area contributed by atoms with Crippen molar-refractivity contribution in [3.05, 3.63) is 22.4 Å². The fraction of sp³-hybridized carbons (Fsp3) is 0.765. The normalized spacial score (nSPS) is 16.6. The Labute approximate surface area is 128 Å². The van der Waals surface area contributed by atoms with Gasteiger partial charge >= 0.3 is 0 Å². The number of nitrogens with one attached hydrogen (secondary N) is 1. The summed E-state index contributed by atoms with van der Waals surface area (Å²) in [5.74, 6) is 0.818. The van der Waals surface area contributed by atoms with Crippen molar-refractivity contribution in [3.8, 4) is 0 Å². The van der Waals surface area contributed by atoms with Crippen LogP contribution in [0.25, 0.3) is 0 Å². The molecule has 114 valence electrons. The summed E-state index contributed by atoms with van der Waals surface area (Å²) >= 11 is 1.85. The molecule has 0 aliphatic heterocycles. The third-order valence-electron chi connectivity index (χ3n) is 4.29. The zero-order chi connectivity index (χ0) is 14.2. The van der Waals surface area contributed by atoms with Crippen LogP contribution in [0.15, 0.2) is 17.5 Å². The van der Waals surface area contributed by atoms with Crippen LogP contribution in [-0.4, -0.2) is 30.6 Å². The molecule has 2 nitrogen and oxygen atoms in total. The molecule has 1 aliphatic rings. The minimum atomic E-state index is 0.818. The highest BCUT2D eigenvalue weighted by atomic mass is 32.1. The molecule has 0 aromatic carbocycles. The highest BCUT2D eigenvalue weighted by molar-refractivity contribution is 7.09. The van der Waals surface area contributed by atoms with Gasteiger partial charge in [0.05, 0.1) is 0 Å². The van der Waals surface area contributed by atoms with Crippen LogP contribution in [0.5, 0.6) is 0 Å². The van der Waals surface area contributed by atoms with Gasteiger partial charge in [-0.05, 0) is 43.2 Å². The van der Waals surface area contributed by atoms with E-state index in [9.17, 15) is 0 Å². The van der Waals surface area contributed by atoms with Crippen molar-refractivity contribution in [1.29, 1.82) is 0 Å². The molecule has 0 amide bonds. The Kier molecular flexibility index (Phi) is 7.05. The first-order valence-corrected chi connectivity index (χ1v) is 9.11. The summed E-state index contributed by atoms with van der Waals surface area (Å²) in [5.41, 5.74) is 0. The summed E-state index contributed by atoms with van der Waals surface area (Å²) < 4.78 is 0. The van der Waals surface area contributed by atoms with Crippen molar-refractivity contribution < 1.29 is 0 Å². The molecule has 3 heteroatoms. The molecule has 1 heterocycles. The van der Waals surface area contributed by atoms with Gasteiger partial charge in [0.2, 0.25) is 0 Å². The third-order valence-corrected chi connectivity index (χ3v) is 5.17. The average Bonchev–Trinajstić information content (AvgIpc) is 3.10. The lowest BCUT2D eigenvalue weighted by Gasteiger charge is -2.29. The maximum Gasteiger partial charge on any atom is 0.0300 e. The van der Waals surface area contributed by atoms with Crippen LogP contribution in [0, 0.1) is 5.92 Å². The van der Waals surface area contributed by atoms with Crippen LogP contribution in [-0.2, 0) is 6.54 Å². The fourth-order valence-electron chi connectivity index (χ4n) is 3.02. The van der Waals surface area contributed by atoms with Crippen LogP contribution >= 0.6 is 11.3 Å². The van der Waals surface area contributed by atoms with Crippen LogP contribution in [0.2, 0.25) is 0 Å². The first-order chi connectivity index (χ1) is 9.75. The van der Waals surface area contributed by atoms with Crippen LogP contribution < -0.4 is 5.32 Å². The molecule has 0 atom stereocenters. The first-order valence-electron chi connectivity index (χ1n) is 8.23. The van der Waals surface area contributed by atoms with Crippen molar-refractivity contribution in [2.24, 2.45) is 5.92 Å². The molecule has 0 bridgehead atoms. The highest BCUT2D eigenvalue weighted by Gasteiger charge is 2.21. The zero-order valence-electron chi connectivity index (χ0n) is 13.1. The number of nitrogens with zero attached hydrogens (tertiary/aromatic N) is 1. The van der Waals surface area contributed by atoms with E-state index in [1.54, 1.807) is 0 Å². The maximum absolute atomic E-state index is 3.60. The smallest absolute Gasteiger partial charge is 0.0300 e. The third kappa shape index (κ3) is 5.55. The molecule has 1 aromatic rings. The van der Waals surface area contributed by atoms with Crippen LogP contribution in [0.3, 0.4) is 0 Å². The second kappa shape index (κ2) is 8.81. The molecule has 1 N–H and O–H groups in total. The van der Waals surface area contributed by atoms with E-state index in [2.05, 4.69) is 41.6 Å². The summed E-state index contributed by atoms with van der Waals surface area (Å²) in [6.45, 7) is 9.31. The van der Waals surface area contributed by atoms with Gasteiger partial charge in [-0.3, -0.25) is 4.90 Å². The molecule has 1 aliphatic carbocycles. The topological polar surface area (TPSA) is 15.3 Å². The Balaban J connectivity index is 1.69. The van der Waals surface area contributed by atoms with Crippen molar-refractivity contribution in [2.75, 3.05) is 19.6 Å². The van der Waals surface area contributed by atoms with Crippen molar-refractivity contribution in [3.63, 3.8) is 0 Å². The van der Waals surface area contributed by atoms with Gasteiger partial charge in [0.15, 0.2) is 0 Å². The Bertz CT molecular complexity index is 342. The Hall–Kier alpha value is -0.380. The average molecular weight is 295 g/mol. The zero-order valence-corrected chi connectivity index (χ0v) is 13.9. The largest absolute Gasteiger partial charge is 0.311 e. The van der Waals surface area contributed by atoms with Gasteiger partial charge in [-0.25, -0.2) is 0 Å². The van der Waals surface area contributed by atoms with E-state index >= 15 is 0 Å². The Morgan fingerprint density at radius 1 is 1.30 bits per heavy atom. The van der Waals surface area contributed by atoms with E-state index in [1.165, 1.54) is 50.1 Å². The quantitative estimate of drug-likeness (QED) is 0.689. The number of hydrogen-bond donors (Lipinski definition) is 1. The maximum atomic E-state index is 3.60. The van der Waals surface area contributed by atoms with Crippen molar-refractivity contribution in [2.45, 2.75) is 58.5 Å². The minimum Gasteiger partial charge on any atom is -0.311 e. The van der Waals surface area contributed by atoms with Gasteiger partial charge < -0.3 is 5.32 Å². The monoisotopic (exact) mass is 294 g/mol. The first kappa shape index (κ1) is 16.0. The highest BCUT2D eigenvalue weighted by Crippen LogP contribution is 2.23. The van der Waals surface area contributed by atoms with E-state index in [1.807, 2.05) is 11.3 Å². The minimum absolute atomic E-state index is 0.818. The molecule has 0 saturated heterocycles. The summed E-state index contributed by atoms with van der Waals surface area (Å²) in [7, 11) is 0. The van der Waals surface area contributed by atoms with Gasteiger partial charge in [-0.2, -0.15) is 0 Å². The fourth-order valence-corrected chi connectivity index (χ4v) is 3.69. The van der Waals surface area contributed by atoms with Gasteiger partial charge in [0, 0.05) is 30.6 Å². The van der Waals surface area contributed by atoms with Gasteiger partial charge in [-0.15, -0.1) is 11.3 Å². The van der Waals surface area contributed by atoms with Crippen LogP contribution in [0.1, 0.15) is 50.8 Å². The molecule has 1 fully saturated rings.